The van der Waals surface area contributed by atoms with Crippen molar-refractivity contribution in [2.24, 2.45) is 0 Å². The standard InChI is InChI=1S/C30H36N2O3/c1-4-24-12-14-26(15-13-24)30(33)32-18-16-31(17-19-32)21-29(27-6-5-7-28(20-27)34-3)35-22-25-10-8-23(2)9-11-25/h5-15,20,29H,4,16-19,21-22H2,1-3H3/t29-/m0/s1. The van der Waals surface area contributed by atoms with Crippen LogP contribution in [0.3, 0.4) is 0 Å². The van der Waals surface area contributed by atoms with E-state index >= 15 is 0 Å². The van der Waals surface area contributed by atoms with Crippen molar-refractivity contribution in [2.75, 3.05) is 39.8 Å². The summed E-state index contributed by atoms with van der Waals surface area (Å²) in [5.41, 5.74) is 5.53. The van der Waals surface area contributed by atoms with Crippen molar-refractivity contribution >= 4 is 5.91 Å². The van der Waals surface area contributed by atoms with E-state index in [1.807, 2.05) is 41.3 Å². The molecule has 0 aromatic heterocycles. The summed E-state index contributed by atoms with van der Waals surface area (Å²) in [6.07, 6.45) is 0.892. The Balaban J connectivity index is 1.39. The van der Waals surface area contributed by atoms with Gasteiger partial charge in [0.05, 0.1) is 19.8 Å². The monoisotopic (exact) mass is 472 g/mol. The van der Waals surface area contributed by atoms with Crippen molar-refractivity contribution in [3.8, 4) is 5.75 Å². The molecule has 3 aromatic rings. The quantitative estimate of drug-likeness (QED) is 0.425. The number of hydrogen-bond acceptors (Lipinski definition) is 4. The van der Waals surface area contributed by atoms with Crippen LogP contribution in [0.1, 0.15) is 45.6 Å². The van der Waals surface area contributed by atoms with E-state index in [9.17, 15) is 4.79 Å². The molecule has 35 heavy (non-hydrogen) atoms. The molecule has 1 aliphatic rings. The third-order valence-electron chi connectivity index (χ3n) is 6.73. The largest absolute Gasteiger partial charge is 0.497 e. The highest BCUT2D eigenvalue weighted by molar-refractivity contribution is 5.94. The van der Waals surface area contributed by atoms with E-state index in [-0.39, 0.29) is 12.0 Å². The normalized spacial score (nSPS) is 15.1. The van der Waals surface area contributed by atoms with Crippen molar-refractivity contribution in [1.29, 1.82) is 0 Å². The van der Waals surface area contributed by atoms with Crippen LogP contribution in [0.4, 0.5) is 0 Å². The van der Waals surface area contributed by atoms with Crippen molar-refractivity contribution in [2.45, 2.75) is 33.0 Å². The van der Waals surface area contributed by atoms with Crippen LogP contribution in [0.15, 0.2) is 72.8 Å². The average molecular weight is 473 g/mol. The minimum Gasteiger partial charge on any atom is -0.497 e. The first-order chi connectivity index (χ1) is 17.1. The fourth-order valence-electron chi connectivity index (χ4n) is 4.41. The second-order valence-electron chi connectivity index (χ2n) is 9.21. The van der Waals surface area contributed by atoms with E-state index in [1.165, 1.54) is 11.1 Å². The van der Waals surface area contributed by atoms with Gasteiger partial charge < -0.3 is 14.4 Å². The van der Waals surface area contributed by atoms with Gasteiger partial charge in [0.25, 0.3) is 5.91 Å². The summed E-state index contributed by atoms with van der Waals surface area (Å²) in [4.78, 5) is 17.3. The van der Waals surface area contributed by atoms with E-state index < -0.39 is 0 Å². The number of rotatable bonds is 9. The molecule has 0 radical (unpaired) electrons. The Morgan fingerprint density at radius 2 is 1.60 bits per heavy atom. The number of ether oxygens (including phenoxy) is 2. The van der Waals surface area contributed by atoms with Crippen molar-refractivity contribution < 1.29 is 14.3 Å². The Kier molecular flexibility index (Phi) is 8.56. The molecule has 0 unspecified atom stereocenters. The van der Waals surface area contributed by atoms with Crippen LogP contribution in [0, 0.1) is 6.92 Å². The predicted octanol–water partition coefficient (Wildman–Crippen LogP) is 5.28. The molecule has 5 nitrogen and oxygen atoms in total. The van der Waals surface area contributed by atoms with Crippen molar-refractivity contribution in [1.82, 2.24) is 9.80 Å². The van der Waals surface area contributed by atoms with Crippen LogP contribution in [0.5, 0.6) is 5.75 Å². The summed E-state index contributed by atoms with van der Waals surface area (Å²) in [7, 11) is 1.69. The first-order valence-corrected chi connectivity index (χ1v) is 12.5. The maximum atomic E-state index is 13.0. The van der Waals surface area contributed by atoms with Crippen molar-refractivity contribution in [3.05, 3.63) is 101 Å². The van der Waals surface area contributed by atoms with Crippen LogP contribution < -0.4 is 4.74 Å². The Bertz CT molecular complexity index is 1090. The van der Waals surface area contributed by atoms with Crippen LogP contribution in [-0.2, 0) is 17.8 Å². The summed E-state index contributed by atoms with van der Waals surface area (Å²) in [5, 5.41) is 0. The number of benzene rings is 3. The number of methoxy groups -OCH3 is 1. The van der Waals surface area contributed by atoms with Gasteiger partial charge in [-0.3, -0.25) is 9.69 Å². The lowest BCUT2D eigenvalue weighted by atomic mass is 10.1. The lowest BCUT2D eigenvalue weighted by molar-refractivity contribution is 0.00333. The van der Waals surface area contributed by atoms with Crippen molar-refractivity contribution in [3.63, 3.8) is 0 Å². The molecule has 0 aliphatic carbocycles. The molecular weight excluding hydrogens is 436 g/mol. The molecule has 1 saturated heterocycles. The van der Waals surface area contributed by atoms with Crippen LogP contribution in [0.25, 0.3) is 0 Å². The number of aryl methyl sites for hydroxylation is 2. The highest BCUT2D eigenvalue weighted by Gasteiger charge is 2.25. The highest BCUT2D eigenvalue weighted by atomic mass is 16.5. The minimum absolute atomic E-state index is 0.0877. The molecule has 0 saturated carbocycles. The lowest BCUT2D eigenvalue weighted by Crippen LogP contribution is -2.49. The van der Waals surface area contributed by atoms with E-state index in [4.69, 9.17) is 9.47 Å². The topological polar surface area (TPSA) is 42.0 Å². The van der Waals surface area contributed by atoms with Gasteiger partial charge in [0.2, 0.25) is 0 Å². The summed E-state index contributed by atoms with van der Waals surface area (Å²) in [6.45, 7) is 8.63. The molecule has 184 valence electrons. The molecule has 1 fully saturated rings. The smallest absolute Gasteiger partial charge is 0.253 e. The van der Waals surface area contributed by atoms with Crippen LogP contribution in [-0.4, -0.2) is 55.5 Å². The number of amides is 1. The summed E-state index contributed by atoms with van der Waals surface area (Å²) >= 11 is 0. The number of carbonyl (C=O) groups excluding carboxylic acids is 1. The Morgan fingerprint density at radius 3 is 2.26 bits per heavy atom. The predicted molar refractivity (Wildman–Crippen MR) is 140 cm³/mol. The Hall–Kier alpha value is -3.15. The molecule has 0 N–H and O–H groups in total. The fourth-order valence-corrected chi connectivity index (χ4v) is 4.41. The van der Waals surface area contributed by atoms with E-state index in [1.54, 1.807) is 7.11 Å². The van der Waals surface area contributed by atoms with Gasteiger partial charge in [0.15, 0.2) is 0 Å². The lowest BCUT2D eigenvalue weighted by Gasteiger charge is -2.36. The molecule has 5 heteroatoms. The summed E-state index contributed by atoms with van der Waals surface area (Å²) < 4.78 is 11.9. The molecular formula is C30H36N2O3. The zero-order valence-corrected chi connectivity index (χ0v) is 21.1. The zero-order chi connectivity index (χ0) is 24.6. The van der Waals surface area contributed by atoms with Gasteiger partial charge >= 0.3 is 0 Å². The highest BCUT2D eigenvalue weighted by Crippen LogP contribution is 2.25. The number of carbonyl (C=O) groups is 1. The molecule has 1 atom stereocenters. The molecule has 1 heterocycles. The molecule has 3 aromatic carbocycles. The third kappa shape index (κ3) is 6.71. The average Bonchev–Trinajstić information content (AvgIpc) is 2.92. The Morgan fingerprint density at radius 1 is 0.914 bits per heavy atom. The maximum absolute atomic E-state index is 13.0. The number of piperazine rings is 1. The first kappa shape index (κ1) is 25.0. The van der Waals surface area contributed by atoms with Gasteiger partial charge in [-0.15, -0.1) is 0 Å². The van der Waals surface area contributed by atoms with E-state index in [2.05, 4.69) is 55.1 Å². The van der Waals surface area contributed by atoms with Crippen LogP contribution in [0.2, 0.25) is 0 Å². The van der Waals surface area contributed by atoms with Crippen LogP contribution >= 0.6 is 0 Å². The molecule has 1 amide bonds. The Labute approximate surface area is 209 Å². The maximum Gasteiger partial charge on any atom is 0.253 e. The van der Waals surface area contributed by atoms with Gasteiger partial charge in [-0.25, -0.2) is 0 Å². The fraction of sp³-hybridized carbons (Fsp3) is 0.367. The molecule has 0 bridgehead atoms. The second kappa shape index (κ2) is 12.0. The first-order valence-electron chi connectivity index (χ1n) is 12.5. The molecule has 4 rings (SSSR count). The zero-order valence-electron chi connectivity index (χ0n) is 21.1. The van der Waals surface area contributed by atoms with Gasteiger partial charge in [-0.1, -0.05) is 61.0 Å². The summed E-state index contributed by atoms with van der Waals surface area (Å²) in [6, 6.07) is 24.6. The summed E-state index contributed by atoms with van der Waals surface area (Å²) in [5.74, 6) is 0.947. The number of nitrogens with zero attached hydrogens (tertiary/aromatic N) is 2. The minimum atomic E-state index is -0.0877. The van der Waals surface area contributed by atoms with E-state index in [0.29, 0.717) is 6.61 Å². The van der Waals surface area contributed by atoms with Gasteiger partial charge in [0, 0.05) is 38.3 Å². The SMILES string of the molecule is CCc1ccc(C(=O)N2CCN(C[C@H](OCc3ccc(C)cc3)c3cccc(OC)c3)CC2)cc1. The number of hydrogen-bond donors (Lipinski definition) is 0. The second-order valence-corrected chi connectivity index (χ2v) is 9.21. The molecule has 0 spiro atoms. The van der Waals surface area contributed by atoms with Gasteiger partial charge in [-0.05, 0) is 54.3 Å². The van der Waals surface area contributed by atoms with Gasteiger partial charge in [-0.2, -0.15) is 0 Å². The molecule has 1 aliphatic heterocycles. The van der Waals surface area contributed by atoms with Gasteiger partial charge in [0.1, 0.15) is 5.75 Å². The van der Waals surface area contributed by atoms with E-state index in [0.717, 1.165) is 61.6 Å². The third-order valence-corrected chi connectivity index (χ3v) is 6.73.